The minimum atomic E-state index is -3.91. The molecule has 164 valence electrons. The number of anilines is 2. The smallest absolute Gasteiger partial charge is 0.271 e. The van der Waals surface area contributed by atoms with Crippen LogP contribution < -0.4 is 9.62 Å². The lowest BCUT2D eigenvalue weighted by atomic mass is 10.1. The number of nitro benzene ring substituents is 1. The standard InChI is InChI=1S/C22H18FN3O5S/c1-14-11-16-12-15(22(27)24-18-3-2-4-19(13-18)26(28)29)5-10-21(16)25(14)32(30,31)20-8-6-17(23)7-9-20/h2-10,12-14H,11H2,1H3,(H,24,27)/t14-/m0/s1. The van der Waals surface area contributed by atoms with Crippen molar-refractivity contribution >= 4 is 33.0 Å². The van der Waals surface area contributed by atoms with Crippen molar-refractivity contribution < 1.29 is 22.5 Å². The number of carbonyl (C=O) groups is 1. The van der Waals surface area contributed by atoms with Crippen molar-refractivity contribution in [3.8, 4) is 0 Å². The largest absolute Gasteiger partial charge is 0.322 e. The van der Waals surface area contributed by atoms with Crippen LogP contribution in [0.3, 0.4) is 0 Å². The molecule has 1 aliphatic heterocycles. The van der Waals surface area contributed by atoms with Crippen LogP contribution in [0.1, 0.15) is 22.8 Å². The Hall–Kier alpha value is -3.79. The molecule has 1 heterocycles. The molecule has 0 fully saturated rings. The van der Waals surface area contributed by atoms with E-state index >= 15 is 0 Å². The summed E-state index contributed by atoms with van der Waals surface area (Å²) in [5.41, 5.74) is 1.55. The first-order valence-electron chi connectivity index (χ1n) is 9.65. The van der Waals surface area contributed by atoms with Crippen molar-refractivity contribution in [2.75, 3.05) is 9.62 Å². The van der Waals surface area contributed by atoms with E-state index in [-0.39, 0.29) is 16.3 Å². The summed E-state index contributed by atoms with van der Waals surface area (Å²) >= 11 is 0. The molecule has 0 saturated carbocycles. The minimum absolute atomic E-state index is 0.0221. The van der Waals surface area contributed by atoms with Crippen molar-refractivity contribution in [3.05, 3.63) is 93.8 Å². The molecule has 10 heteroatoms. The first kappa shape index (κ1) is 21.4. The van der Waals surface area contributed by atoms with Crippen molar-refractivity contribution in [3.63, 3.8) is 0 Å². The topological polar surface area (TPSA) is 110 Å². The SMILES string of the molecule is C[C@H]1Cc2cc(C(=O)Nc3cccc([N+](=O)[O-])c3)ccc2N1S(=O)(=O)c1ccc(F)cc1. The highest BCUT2D eigenvalue weighted by atomic mass is 32.2. The van der Waals surface area contributed by atoms with Gasteiger partial charge in [0.2, 0.25) is 0 Å². The molecule has 3 aromatic carbocycles. The number of fused-ring (bicyclic) bond motifs is 1. The van der Waals surface area contributed by atoms with Gasteiger partial charge in [0, 0.05) is 29.4 Å². The van der Waals surface area contributed by atoms with Crippen LogP contribution in [0.5, 0.6) is 0 Å². The Balaban J connectivity index is 1.61. The summed E-state index contributed by atoms with van der Waals surface area (Å²) in [6.07, 6.45) is 0.397. The van der Waals surface area contributed by atoms with E-state index in [1.165, 1.54) is 46.8 Å². The number of benzene rings is 3. The molecule has 0 aromatic heterocycles. The number of sulfonamides is 1. The quantitative estimate of drug-likeness (QED) is 0.460. The molecule has 1 atom stereocenters. The van der Waals surface area contributed by atoms with Crippen molar-refractivity contribution in [1.29, 1.82) is 0 Å². The Morgan fingerprint density at radius 2 is 1.84 bits per heavy atom. The molecule has 0 aliphatic carbocycles. The van der Waals surface area contributed by atoms with Gasteiger partial charge in [-0.2, -0.15) is 0 Å². The highest BCUT2D eigenvalue weighted by Crippen LogP contribution is 2.37. The number of halogens is 1. The maximum Gasteiger partial charge on any atom is 0.271 e. The maximum atomic E-state index is 13.2. The van der Waals surface area contributed by atoms with E-state index in [0.29, 0.717) is 23.2 Å². The molecule has 4 rings (SSSR count). The average molecular weight is 455 g/mol. The Morgan fingerprint density at radius 3 is 2.53 bits per heavy atom. The van der Waals surface area contributed by atoms with Crippen LogP contribution >= 0.6 is 0 Å². The fraction of sp³-hybridized carbons (Fsp3) is 0.136. The Labute approximate surface area is 183 Å². The van der Waals surface area contributed by atoms with Crippen molar-refractivity contribution in [2.45, 2.75) is 24.3 Å². The number of carbonyl (C=O) groups excluding carboxylic acids is 1. The number of nitro groups is 1. The Kier molecular flexibility index (Phi) is 5.39. The minimum Gasteiger partial charge on any atom is -0.322 e. The van der Waals surface area contributed by atoms with Gasteiger partial charge in [-0.05, 0) is 67.4 Å². The van der Waals surface area contributed by atoms with Crippen LogP contribution in [0.4, 0.5) is 21.5 Å². The predicted octanol–water partition coefficient (Wildman–Crippen LogP) is 4.13. The fourth-order valence-electron chi connectivity index (χ4n) is 3.73. The lowest BCUT2D eigenvalue weighted by Crippen LogP contribution is -2.35. The van der Waals surface area contributed by atoms with Gasteiger partial charge < -0.3 is 5.32 Å². The lowest BCUT2D eigenvalue weighted by molar-refractivity contribution is -0.384. The van der Waals surface area contributed by atoms with Crippen molar-refractivity contribution in [1.82, 2.24) is 0 Å². The summed E-state index contributed by atoms with van der Waals surface area (Å²) in [4.78, 5) is 23.0. The molecule has 8 nitrogen and oxygen atoms in total. The lowest BCUT2D eigenvalue weighted by Gasteiger charge is -2.24. The van der Waals surface area contributed by atoms with E-state index in [0.717, 1.165) is 12.1 Å². The van der Waals surface area contributed by atoms with Crippen LogP contribution in [0, 0.1) is 15.9 Å². The second-order valence-electron chi connectivity index (χ2n) is 7.41. The summed E-state index contributed by atoms with van der Waals surface area (Å²) in [5, 5.41) is 13.5. The summed E-state index contributed by atoms with van der Waals surface area (Å²) in [5.74, 6) is -1.00. The molecular weight excluding hydrogens is 437 g/mol. The number of hydrogen-bond acceptors (Lipinski definition) is 5. The zero-order chi connectivity index (χ0) is 23.0. The molecule has 0 saturated heterocycles. The number of hydrogen-bond donors (Lipinski definition) is 1. The number of nitrogens with zero attached hydrogens (tertiary/aromatic N) is 2. The van der Waals surface area contributed by atoms with Gasteiger partial charge in [-0.25, -0.2) is 12.8 Å². The van der Waals surface area contributed by atoms with Crippen LogP contribution in [0.25, 0.3) is 0 Å². The van der Waals surface area contributed by atoms with Gasteiger partial charge in [-0.15, -0.1) is 0 Å². The van der Waals surface area contributed by atoms with Crippen LogP contribution in [0.2, 0.25) is 0 Å². The van der Waals surface area contributed by atoms with Gasteiger partial charge in [0.05, 0.1) is 15.5 Å². The predicted molar refractivity (Wildman–Crippen MR) is 117 cm³/mol. The molecule has 0 bridgehead atoms. The molecule has 32 heavy (non-hydrogen) atoms. The van der Waals surface area contributed by atoms with Crippen LogP contribution in [0.15, 0.2) is 71.6 Å². The first-order valence-corrected chi connectivity index (χ1v) is 11.1. The highest BCUT2D eigenvalue weighted by molar-refractivity contribution is 7.92. The number of nitrogens with one attached hydrogen (secondary N) is 1. The van der Waals surface area contributed by atoms with E-state index < -0.39 is 32.7 Å². The van der Waals surface area contributed by atoms with Gasteiger partial charge in [-0.1, -0.05) is 6.07 Å². The number of non-ortho nitro benzene ring substituents is 1. The Bertz CT molecular complexity index is 1330. The van der Waals surface area contributed by atoms with Gasteiger partial charge in [-0.3, -0.25) is 19.2 Å². The fourth-order valence-corrected chi connectivity index (χ4v) is 5.42. The molecule has 3 aromatic rings. The van der Waals surface area contributed by atoms with E-state index in [1.807, 2.05) is 0 Å². The number of rotatable bonds is 5. The average Bonchev–Trinajstić information content (AvgIpc) is 3.09. The summed E-state index contributed by atoms with van der Waals surface area (Å²) in [6.45, 7) is 1.75. The zero-order valence-electron chi connectivity index (χ0n) is 16.9. The van der Waals surface area contributed by atoms with E-state index in [1.54, 1.807) is 19.1 Å². The Morgan fingerprint density at radius 1 is 1.12 bits per heavy atom. The monoisotopic (exact) mass is 455 g/mol. The molecule has 0 spiro atoms. The first-order chi connectivity index (χ1) is 15.2. The zero-order valence-corrected chi connectivity index (χ0v) is 17.7. The second kappa shape index (κ2) is 8.04. The molecule has 1 aliphatic rings. The normalized spacial score (nSPS) is 15.3. The summed E-state index contributed by atoms with van der Waals surface area (Å²) < 4.78 is 40.8. The van der Waals surface area contributed by atoms with Gasteiger partial charge in [0.15, 0.2) is 0 Å². The summed E-state index contributed by atoms with van der Waals surface area (Å²) in [7, 11) is -3.91. The maximum absolute atomic E-state index is 13.2. The highest BCUT2D eigenvalue weighted by Gasteiger charge is 2.36. The third kappa shape index (κ3) is 3.92. The molecule has 1 N–H and O–H groups in total. The van der Waals surface area contributed by atoms with Crippen LogP contribution in [-0.4, -0.2) is 25.3 Å². The molecular formula is C22H18FN3O5S. The van der Waals surface area contributed by atoms with E-state index in [2.05, 4.69) is 5.32 Å². The van der Waals surface area contributed by atoms with Gasteiger partial charge >= 0.3 is 0 Å². The van der Waals surface area contributed by atoms with Gasteiger partial charge in [0.1, 0.15) is 5.82 Å². The number of amides is 1. The third-order valence-electron chi connectivity index (χ3n) is 5.18. The van der Waals surface area contributed by atoms with Crippen molar-refractivity contribution in [2.24, 2.45) is 0 Å². The van der Waals surface area contributed by atoms with Crippen LogP contribution in [-0.2, 0) is 16.4 Å². The molecule has 0 unspecified atom stereocenters. The molecule has 0 radical (unpaired) electrons. The summed E-state index contributed by atoms with van der Waals surface area (Å²) in [6, 6.07) is 14.5. The third-order valence-corrected chi connectivity index (χ3v) is 7.12. The second-order valence-corrected chi connectivity index (χ2v) is 9.23. The van der Waals surface area contributed by atoms with Gasteiger partial charge in [0.25, 0.3) is 21.6 Å². The van der Waals surface area contributed by atoms with E-state index in [9.17, 15) is 27.7 Å². The molecule has 1 amide bonds. The van der Waals surface area contributed by atoms with E-state index in [4.69, 9.17) is 0 Å².